The molecule has 27 heavy (non-hydrogen) atoms. The van der Waals surface area contributed by atoms with E-state index in [1.807, 2.05) is 65.0 Å². The third-order valence-electron chi connectivity index (χ3n) is 4.36. The Morgan fingerprint density at radius 1 is 0.889 bits per heavy atom. The van der Waals surface area contributed by atoms with Gasteiger partial charge in [-0.1, -0.05) is 62.4 Å². The summed E-state index contributed by atoms with van der Waals surface area (Å²) in [5, 5.41) is -0.756. The molecule has 2 aromatic carbocycles. The zero-order valence-corrected chi connectivity index (χ0v) is 18.2. The number of hydrogen-bond donors (Lipinski definition) is 1. The topological polar surface area (TPSA) is 63.2 Å². The van der Waals surface area contributed by atoms with Crippen molar-refractivity contribution >= 4 is 20.8 Å². The van der Waals surface area contributed by atoms with Gasteiger partial charge in [0, 0.05) is 0 Å². The van der Waals surface area contributed by atoms with Crippen molar-refractivity contribution in [3.05, 3.63) is 66.2 Å². The summed E-state index contributed by atoms with van der Waals surface area (Å²) in [6.45, 7) is 9.39. The van der Waals surface area contributed by atoms with E-state index < -0.39 is 36.9 Å². The van der Waals surface area contributed by atoms with Crippen LogP contribution in [0, 0.1) is 5.92 Å². The molecule has 0 fully saturated rings. The van der Waals surface area contributed by atoms with Gasteiger partial charge in [0.2, 0.25) is 0 Å². The van der Waals surface area contributed by atoms with E-state index in [1.165, 1.54) is 0 Å². The van der Waals surface area contributed by atoms with E-state index >= 15 is 0 Å². The van der Waals surface area contributed by atoms with Gasteiger partial charge in [0.1, 0.15) is 0 Å². The first-order chi connectivity index (χ1) is 12.5. The standard InChI is InChI=1S/C21H29NO3S2/c1-16(2)20(27(24,25)18-14-10-7-11-15-18)19(17-12-8-6-9-13-17)22-26(23)21(3,4)5/h6-16,19-20,22H,1-5H3/t19-,20-,26+/m1/s1. The van der Waals surface area contributed by atoms with E-state index in [0.29, 0.717) is 0 Å². The van der Waals surface area contributed by atoms with E-state index in [9.17, 15) is 12.6 Å². The zero-order valence-electron chi connectivity index (χ0n) is 16.5. The molecule has 4 nitrogen and oxygen atoms in total. The average Bonchev–Trinajstić information content (AvgIpc) is 2.61. The van der Waals surface area contributed by atoms with Crippen LogP contribution in [0.4, 0.5) is 0 Å². The maximum atomic E-state index is 13.5. The van der Waals surface area contributed by atoms with E-state index in [4.69, 9.17) is 0 Å². The van der Waals surface area contributed by atoms with E-state index in [2.05, 4.69) is 4.72 Å². The lowest BCUT2D eigenvalue weighted by atomic mass is 9.97. The van der Waals surface area contributed by atoms with Crippen LogP contribution < -0.4 is 4.72 Å². The molecular weight excluding hydrogens is 378 g/mol. The Kier molecular flexibility index (Phi) is 7.00. The number of rotatable bonds is 7. The summed E-state index contributed by atoms with van der Waals surface area (Å²) >= 11 is 0. The van der Waals surface area contributed by atoms with E-state index in [1.54, 1.807) is 30.3 Å². The van der Waals surface area contributed by atoms with Crippen LogP contribution in [0.1, 0.15) is 46.2 Å². The molecule has 6 heteroatoms. The van der Waals surface area contributed by atoms with Gasteiger partial charge in [-0.05, 0) is 44.4 Å². The number of hydrogen-bond acceptors (Lipinski definition) is 3. The second-order valence-electron chi connectivity index (χ2n) is 7.95. The molecule has 0 aliphatic carbocycles. The highest BCUT2D eigenvalue weighted by Crippen LogP contribution is 2.33. The molecule has 0 aliphatic heterocycles. The van der Waals surface area contributed by atoms with E-state index in [-0.39, 0.29) is 10.8 Å². The fraction of sp³-hybridized carbons (Fsp3) is 0.429. The number of benzene rings is 2. The maximum absolute atomic E-state index is 13.5. The van der Waals surface area contributed by atoms with Gasteiger partial charge < -0.3 is 0 Å². The van der Waals surface area contributed by atoms with Crippen molar-refractivity contribution in [1.29, 1.82) is 0 Å². The van der Waals surface area contributed by atoms with Crippen molar-refractivity contribution in [2.24, 2.45) is 5.92 Å². The van der Waals surface area contributed by atoms with E-state index in [0.717, 1.165) is 5.56 Å². The summed E-state index contributed by atoms with van der Waals surface area (Å²) in [4.78, 5) is 0.285. The second-order valence-corrected chi connectivity index (χ2v) is 12.1. The van der Waals surface area contributed by atoms with Gasteiger partial charge >= 0.3 is 0 Å². The van der Waals surface area contributed by atoms with Gasteiger partial charge in [0.15, 0.2) is 9.84 Å². The Morgan fingerprint density at radius 2 is 1.37 bits per heavy atom. The van der Waals surface area contributed by atoms with Gasteiger partial charge in [0.25, 0.3) is 0 Å². The van der Waals surface area contributed by atoms with Crippen LogP contribution in [0.5, 0.6) is 0 Å². The monoisotopic (exact) mass is 407 g/mol. The van der Waals surface area contributed by atoms with Crippen LogP contribution in [-0.4, -0.2) is 22.6 Å². The molecule has 2 aromatic rings. The van der Waals surface area contributed by atoms with Crippen molar-refractivity contribution in [3.63, 3.8) is 0 Å². The summed E-state index contributed by atoms with van der Waals surface area (Å²) in [5.74, 6) is -0.176. The fourth-order valence-corrected chi connectivity index (χ4v) is 6.07. The second kappa shape index (κ2) is 8.67. The summed E-state index contributed by atoms with van der Waals surface area (Å²) < 4.78 is 42.4. The van der Waals surface area contributed by atoms with Gasteiger partial charge in [-0.15, -0.1) is 0 Å². The van der Waals surface area contributed by atoms with Crippen molar-refractivity contribution in [2.45, 2.75) is 55.6 Å². The molecule has 0 saturated carbocycles. The summed E-state index contributed by atoms with van der Waals surface area (Å²) in [7, 11) is -5.05. The molecule has 2 rings (SSSR count). The Morgan fingerprint density at radius 3 is 1.81 bits per heavy atom. The maximum Gasteiger partial charge on any atom is 0.183 e. The number of sulfone groups is 1. The summed E-state index contributed by atoms with van der Waals surface area (Å²) in [5.41, 5.74) is 0.813. The third kappa shape index (κ3) is 5.27. The van der Waals surface area contributed by atoms with Crippen LogP contribution in [-0.2, 0) is 20.8 Å². The molecule has 1 N–H and O–H groups in total. The molecule has 0 radical (unpaired) electrons. The Balaban J connectivity index is 2.57. The Hall–Kier alpha value is -1.50. The predicted octanol–water partition coefficient (Wildman–Crippen LogP) is 4.28. The van der Waals surface area contributed by atoms with Gasteiger partial charge in [-0.2, -0.15) is 0 Å². The lowest BCUT2D eigenvalue weighted by Gasteiger charge is -2.33. The lowest BCUT2D eigenvalue weighted by molar-refractivity contribution is 0.461. The smallest absolute Gasteiger partial charge is 0.183 e. The number of nitrogens with one attached hydrogen (secondary N) is 1. The molecule has 0 aliphatic rings. The largest absolute Gasteiger partial charge is 0.242 e. The highest BCUT2D eigenvalue weighted by Gasteiger charge is 2.39. The minimum absolute atomic E-state index is 0.176. The Bertz CT molecular complexity index is 857. The molecule has 0 heterocycles. The minimum Gasteiger partial charge on any atom is -0.242 e. The van der Waals surface area contributed by atoms with Crippen LogP contribution in [0.3, 0.4) is 0 Å². The lowest BCUT2D eigenvalue weighted by Crippen LogP contribution is -2.45. The van der Waals surface area contributed by atoms with Crippen LogP contribution >= 0.6 is 0 Å². The summed E-state index contributed by atoms with van der Waals surface area (Å²) in [6, 6.07) is 17.3. The predicted molar refractivity (Wildman–Crippen MR) is 112 cm³/mol. The van der Waals surface area contributed by atoms with Gasteiger partial charge in [0.05, 0.1) is 31.9 Å². The molecule has 0 aromatic heterocycles. The molecular formula is C21H29NO3S2. The fourth-order valence-electron chi connectivity index (χ4n) is 2.97. The van der Waals surface area contributed by atoms with Crippen LogP contribution in [0.15, 0.2) is 65.6 Å². The van der Waals surface area contributed by atoms with Crippen molar-refractivity contribution in [1.82, 2.24) is 4.72 Å². The normalized spacial score (nSPS) is 16.1. The first-order valence-electron chi connectivity index (χ1n) is 9.07. The molecule has 0 saturated heterocycles. The van der Waals surface area contributed by atoms with Crippen molar-refractivity contribution < 1.29 is 12.6 Å². The van der Waals surface area contributed by atoms with Crippen molar-refractivity contribution in [2.75, 3.05) is 0 Å². The van der Waals surface area contributed by atoms with Crippen LogP contribution in [0.25, 0.3) is 0 Å². The zero-order chi connectivity index (χ0) is 20.2. The minimum atomic E-state index is -3.64. The molecule has 0 bridgehead atoms. The van der Waals surface area contributed by atoms with Gasteiger partial charge in [-0.3, -0.25) is 0 Å². The quantitative estimate of drug-likeness (QED) is 0.745. The molecule has 0 amide bonds. The van der Waals surface area contributed by atoms with Gasteiger partial charge in [-0.25, -0.2) is 17.3 Å². The highest BCUT2D eigenvalue weighted by molar-refractivity contribution is 7.92. The highest BCUT2D eigenvalue weighted by atomic mass is 32.2. The van der Waals surface area contributed by atoms with Crippen molar-refractivity contribution in [3.8, 4) is 0 Å². The first-order valence-corrected chi connectivity index (χ1v) is 11.8. The molecule has 3 atom stereocenters. The SMILES string of the molecule is CC(C)[C@H]([C@H](N[S@@](=O)C(C)(C)C)c1ccccc1)S(=O)(=O)c1ccccc1. The third-order valence-corrected chi connectivity index (χ3v) is 8.41. The molecule has 0 spiro atoms. The van der Waals surface area contributed by atoms with Crippen LogP contribution in [0.2, 0.25) is 0 Å². The molecule has 148 valence electrons. The molecule has 0 unspecified atom stereocenters. The first kappa shape index (κ1) is 21.8. The Labute approximate surface area is 165 Å². The summed E-state index contributed by atoms with van der Waals surface area (Å²) in [6.07, 6.45) is 0. The average molecular weight is 408 g/mol.